The predicted molar refractivity (Wildman–Crippen MR) is 69.5 cm³/mol. The van der Waals surface area contributed by atoms with Crippen molar-refractivity contribution in [2.75, 3.05) is 13.1 Å². The van der Waals surface area contributed by atoms with Gasteiger partial charge in [-0.3, -0.25) is 9.59 Å². The summed E-state index contributed by atoms with van der Waals surface area (Å²) in [6.07, 6.45) is 1.64. The number of amides is 1. The average molecular weight is 267 g/mol. The van der Waals surface area contributed by atoms with E-state index in [-0.39, 0.29) is 18.9 Å². The van der Waals surface area contributed by atoms with E-state index < -0.39 is 11.8 Å². The van der Waals surface area contributed by atoms with Crippen LogP contribution in [0.3, 0.4) is 0 Å². The van der Waals surface area contributed by atoms with Crippen LogP contribution in [0.2, 0.25) is 0 Å². The third kappa shape index (κ3) is 5.07. The van der Waals surface area contributed by atoms with Crippen LogP contribution in [0.1, 0.15) is 36.5 Å². The molecule has 0 bridgehead atoms. The average Bonchev–Trinajstić information content (AvgIpc) is 2.39. The second-order valence-electron chi connectivity index (χ2n) is 4.30. The number of halogens is 1. The van der Waals surface area contributed by atoms with Crippen molar-refractivity contribution in [1.29, 1.82) is 0 Å². The van der Waals surface area contributed by atoms with Gasteiger partial charge in [-0.05, 0) is 30.7 Å². The maximum absolute atomic E-state index is 12.8. The van der Waals surface area contributed by atoms with Crippen molar-refractivity contribution in [3.63, 3.8) is 0 Å². The monoisotopic (exact) mass is 267 g/mol. The third-order valence-corrected chi connectivity index (χ3v) is 2.76. The number of carboxylic acids is 1. The molecule has 5 heteroatoms. The highest BCUT2D eigenvalue weighted by Gasteiger charge is 2.16. The molecule has 0 saturated heterocycles. The number of hydrogen-bond acceptors (Lipinski definition) is 2. The number of carbonyl (C=O) groups excluding carboxylic acids is 1. The minimum absolute atomic E-state index is 0.0867. The molecule has 19 heavy (non-hydrogen) atoms. The first-order valence-electron chi connectivity index (χ1n) is 6.31. The zero-order chi connectivity index (χ0) is 14.3. The van der Waals surface area contributed by atoms with E-state index >= 15 is 0 Å². The maximum Gasteiger partial charge on any atom is 0.305 e. The molecule has 0 aromatic heterocycles. The molecule has 0 spiro atoms. The molecule has 0 aliphatic carbocycles. The lowest BCUT2D eigenvalue weighted by molar-refractivity contribution is -0.137. The summed E-state index contributed by atoms with van der Waals surface area (Å²) >= 11 is 0. The molecule has 0 unspecified atom stereocenters. The Morgan fingerprint density at radius 2 is 1.84 bits per heavy atom. The van der Waals surface area contributed by atoms with E-state index in [2.05, 4.69) is 0 Å². The standard InChI is InChI=1S/C14H18FNO3/c1-2-3-9-16(10-8-13(17)18)14(19)11-4-6-12(15)7-5-11/h4-7H,2-3,8-10H2,1H3,(H,17,18). The molecule has 0 aliphatic rings. The lowest BCUT2D eigenvalue weighted by Crippen LogP contribution is -2.33. The number of nitrogens with zero attached hydrogens (tertiary/aromatic N) is 1. The van der Waals surface area contributed by atoms with Crippen LogP contribution < -0.4 is 0 Å². The van der Waals surface area contributed by atoms with Crippen LogP contribution in [-0.2, 0) is 4.79 Å². The highest BCUT2D eigenvalue weighted by Crippen LogP contribution is 2.08. The van der Waals surface area contributed by atoms with E-state index in [1.807, 2.05) is 6.92 Å². The molecule has 104 valence electrons. The Bertz CT molecular complexity index is 431. The number of carboxylic acid groups (broad SMARTS) is 1. The van der Waals surface area contributed by atoms with Crippen LogP contribution in [0.5, 0.6) is 0 Å². The van der Waals surface area contributed by atoms with Gasteiger partial charge in [-0.1, -0.05) is 13.3 Å². The zero-order valence-corrected chi connectivity index (χ0v) is 10.9. The highest BCUT2D eigenvalue weighted by atomic mass is 19.1. The summed E-state index contributed by atoms with van der Waals surface area (Å²) in [5.41, 5.74) is 0.378. The zero-order valence-electron chi connectivity index (χ0n) is 10.9. The molecule has 1 rings (SSSR count). The number of benzene rings is 1. The van der Waals surface area contributed by atoms with Gasteiger partial charge < -0.3 is 10.0 Å². The molecule has 0 radical (unpaired) electrons. The summed E-state index contributed by atoms with van der Waals surface area (Å²) < 4.78 is 12.8. The lowest BCUT2D eigenvalue weighted by atomic mass is 10.1. The summed E-state index contributed by atoms with van der Waals surface area (Å²) in [6, 6.07) is 5.28. The number of aliphatic carboxylic acids is 1. The van der Waals surface area contributed by atoms with Crippen LogP contribution in [0.15, 0.2) is 24.3 Å². The van der Waals surface area contributed by atoms with Crippen molar-refractivity contribution in [3.05, 3.63) is 35.6 Å². The number of hydrogen-bond donors (Lipinski definition) is 1. The first kappa shape index (κ1) is 15.1. The molecule has 1 aromatic carbocycles. The third-order valence-electron chi connectivity index (χ3n) is 2.76. The van der Waals surface area contributed by atoms with E-state index in [0.29, 0.717) is 12.1 Å². The molecule has 0 fully saturated rings. The normalized spacial score (nSPS) is 10.2. The summed E-state index contributed by atoms with van der Waals surface area (Å²) in [6.45, 7) is 2.68. The Balaban J connectivity index is 2.74. The van der Waals surface area contributed by atoms with Gasteiger partial charge in [0.25, 0.3) is 5.91 Å². The van der Waals surface area contributed by atoms with Crippen LogP contribution in [0, 0.1) is 5.82 Å². The van der Waals surface area contributed by atoms with Crippen LogP contribution in [0.4, 0.5) is 4.39 Å². The summed E-state index contributed by atoms with van der Waals surface area (Å²) in [5.74, 6) is -1.59. The first-order chi connectivity index (χ1) is 9.04. The molecule has 0 aliphatic heterocycles. The van der Waals surface area contributed by atoms with Crippen molar-refractivity contribution in [3.8, 4) is 0 Å². The van der Waals surface area contributed by atoms with Gasteiger partial charge in [-0.25, -0.2) is 4.39 Å². The predicted octanol–water partition coefficient (Wildman–Crippen LogP) is 2.54. The van der Waals surface area contributed by atoms with Crippen LogP contribution >= 0.6 is 0 Å². The molecular formula is C14H18FNO3. The Kier molecular flexibility index (Phi) is 5.99. The summed E-state index contributed by atoms with van der Waals surface area (Å²) in [5, 5.41) is 8.69. The quantitative estimate of drug-likeness (QED) is 0.826. The lowest BCUT2D eigenvalue weighted by Gasteiger charge is -2.21. The van der Waals surface area contributed by atoms with Crippen LogP contribution in [0.25, 0.3) is 0 Å². The molecule has 0 heterocycles. The molecule has 0 saturated carbocycles. The minimum Gasteiger partial charge on any atom is -0.481 e. The minimum atomic E-state index is -0.937. The van der Waals surface area contributed by atoms with Crippen molar-refractivity contribution in [2.24, 2.45) is 0 Å². The van der Waals surface area contributed by atoms with Crippen molar-refractivity contribution >= 4 is 11.9 Å². The van der Waals surface area contributed by atoms with Gasteiger partial charge in [0.1, 0.15) is 5.82 Å². The van der Waals surface area contributed by atoms with E-state index in [9.17, 15) is 14.0 Å². The molecule has 1 amide bonds. The Morgan fingerprint density at radius 3 is 2.37 bits per heavy atom. The molecule has 0 atom stereocenters. The SMILES string of the molecule is CCCCN(CCC(=O)O)C(=O)c1ccc(F)cc1. The number of unbranched alkanes of at least 4 members (excludes halogenated alkanes) is 1. The first-order valence-corrected chi connectivity index (χ1v) is 6.31. The second kappa shape index (κ2) is 7.51. The number of carbonyl (C=O) groups is 2. The molecule has 1 N–H and O–H groups in total. The summed E-state index contributed by atoms with van der Waals surface area (Å²) in [4.78, 5) is 24.3. The molecule has 4 nitrogen and oxygen atoms in total. The van der Waals surface area contributed by atoms with E-state index in [4.69, 9.17) is 5.11 Å². The maximum atomic E-state index is 12.8. The molecular weight excluding hydrogens is 249 g/mol. The fourth-order valence-electron chi connectivity index (χ4n) is 1.67. The highest BCUT2D eigenvalue weighted by molar-refractivity contribution is 5.94. The van der Waals surface area contributed by atoms with Crippen molar-refractivity contribution in [2.45, 2.75) is 26.2 Å². The van der Waals surface area contributed by atoms with Gasteiger partial charge in [0, 0.05) is 18.7 Å². The molecule has 1 aromatic rings. The van der Waals surface area contributed by atoms with Crippen molar-refractivity contribution < 1.29 is 19.1 Å². The summed E-state index contributed by atoms with van der Waals surface area (Å²) in [7, 11) is 0. The van der Waals surface area contributed by atoms with Gasteiger partial charge in [0.15, 0.2) is 0 Å². The Morgan fingerprint density at radius 1 is 1.21 bits per heavy atom. The largest absolute Gasteiger partial charge is 0.481 e. The van der Waals surface area contributed by atoms with Gasteiger partial charge in [0.2, 0.25) is 0 Å². The second-order valence-corrected chi connectivity index (χ2v) is 4.30. The Labute approximate surface area is 111 Å². The smallest absolute Gasteiger partial charge is 0.305 e. The van der Waals surface area contributed by atoms with Crippen molar-refractivity contribution in [1.82, 2.24) is 4.90 Å². The number of rotatable bonds is 7. The fourth-order valence-corrected chi connectivity index (χ4v) is 1.67. The van der Waals surface area contributed by atoms with Gasteiger partial charge in [-0.2, -0.15) is 0 Å². The van der Waals surface area contributed by atoms with E-state index in [1.165, 1.54) is 29.2 Å². The van der Waals surface area contributed by atoms with E-state index in [0.717, 1.165) is 12.8 Å². The van der Waals surface area contributed by atoms with Gasteiger partial charge in [0.05, 0.1) is 6.42 Å². The van der Waals surface area contributed by atoms with Gasteiger partial charge in [-0.15, -0.1) is 0 Å². The van der Waals surface area contributed by atoms with Gasteiger partial charge >= 0.3 is 5.97 Å². The van der Waals surface area contributed by atoms with Crippen LogP contribution in [-0.4, -0.2) is 35.0 Å². The fraction of sp³-hybridized carbons (Fsp3) is 0.429. The topological polar surface area (TPSA) is 57.6 Å². The van der Waals surface area contributed by atoms with E-state index in [1.54, 1.807) is 0 Å². The Hall–Kier alpha value is -1.91.